The lowest BCUT2D eigenvalue weighted by atomic mass is 9.94. The molecule has 2 aromatic rings. The Labute approximate surface area is 187 Å². The van der Waals surface area contributed by atoms with Crippen molar-refractivity contribution in [2.45, 2.75) is 32.2 Å². The van der Waals surface area contributed by atoms with E-state index in [1.165, 1.54) is 0 Å². The molecule has 29 heavy (non-hydrogen) atoms. The van der Waals surface area contributed by atoms with Gasteiger partial charge in [0.05, 0.1) is 10.9 Å². The minimum absolute atomic E-state index is 0. The predicted octanol–water partition coefficient (Wildman–Crippen LogP) is 3.22. The first-order valence-electron chi connectivity index (χ1n) is 9.77. The molecule has 1 saturated carbocycles. The Bertz CT molecular complexity index is 765. The van der Waals surface area contributed by atoms with Gasteiger partial charge in [-0.2, -0.15) is 4.98 Å². The first-order valence-corrected chi connectivity index (χ1v) is 10.7. The summed E-state index contributed by atoms with van der Waals surface area (Å²) in [6.07, 6.45) is 3.21. The maximum absolute atomic E-state index is 12.9. The van der Waals surface area contributed by atoms with Gasteiger partial charge in [-0.05, 0) is 43.7 Å². The summed E-state index contributed by atoms with van der Waals surface area (Å²) in [5, 5.41) is 6.11. The highest BCUT2D eigenvalue weighted by molar-refractivity contribution is 7.13. The Balaban J connectivity index is 0.00000150. The molecule has 0 radical (unpaired) electrons. The van der Waals surface area contributed by atoms with Gasteiger partial charge in [0.1, 0.15) is 0 Å². The summed E-state index contributed by atoms with van der Waals surface area (Å²) in [7, 11) is 0. The van der Waals surface area contributed by atoms with Crippen LogP contribution in [0, 0.1) is 11.8 Å². The van der Waals surface area contributed by atoms with Crippen LogP contribution < -0.4 is 5.73 Å². The van der Waals surface area contributed by atoms with Crippen LogP contribution in [-0.4, -0.2) is 58.6 Å². The second-order valence-corrected chi connectivity index (χ2v) is 8.45. The maximum Gasteiger partial charge on any atom is 0.244 e. The second kappa shape index (κ2) is 10.7. The lowest BCUT2D eigenvalue weighted by molar-refractivity contribution is -0.138. The van der Waals surface area contributed by atoms with E-state index in [0.717, 1.165) is 50.3 Å². The molecule has 0 bridgehead atoms. The number of rotatable bonds is 5. The minimum atomic E-state index is 0. The summed E-state index contributed by atoms with van der Waals surface area (Å²) in [6, 6.07) is 4.02. The van der Waals surface area contributed by atoms with E-state index in [-0.39, 0.29) is 36.8 Å². The Morgan fingerprint density at radius 3 is 2.72 bits per heavy atom. The van der Waals surface area contributed by atoms with E-state index >= 15 is 0 Å². The van der Waals surface area contributed by atoms with Gasteiger partial charge in [0, 0.05) is 32.1 Å². The SMILES string of the molecule is CC(c1nc(-c2cccs2)no1)N1CCN(C(=O)[C@@H]2CCC[C@@H]2CN)CC1.Cl.Cl. The van der Waals surface area contributed by atoms with Gasteiger partial charge in [0.15, 0.2) is 0 Å². The molecule has 2 fully saturated rings. The molecule has 1 aliphatic carbocycles. The smallest absolute Gasteiger partial charge is 0.244 e. The third-order valence-electron chi connectivity index (χ3n) is 5.99. The first kappa shape index (κ1) is 24.1. The summed E-state index contributed by atoms with van der Waals surface area (Å²) in [6.45, 7) is 5.86. The van der Waals surface area contributed by atoms with Crippen LogP contribution in [0.5, 0.6) is 0 Å². The molecular weight excluding hydrogens is 433 g/mol. The van der Waals surface area contributed by atoms with Crippen molar-refractivity contribution in [2.75, 3.05) is 32.7 Å². The fourth-order valence-corrected chi connectivity index (χ4v) is 4.92. The Morgan fingerprint density at radius 2 is 2.07 bits per heavy atom. The van der Waals surface area contributed by atoms with Gasteiger partial charge in [-0.25, -0.2) is 0 Å². The van der Waals surface area contributed by atoms with Crippen LogP contribution in [0.1, 0.15) is 38.1 Å². The van der Waals surface area contributed by atoms with Crippen LogP contribution in [0.3, 0.4) is 0 Å². The van der Waals surface area contributed by atoms with Crippen molar-refractivity contribution in [2.24, 2.45) is 17.6 Å². The van der Waals surface area contributed by atoms with E-state index in [9.17, 15) is 4.79 Å². The standard InChI is InChI=1S/C19H27N5O2S.2ClH/c1-13(18-21-17(22-26-18)16-6-3-11-27-16)23-7-9-24(10-8-23)19(25)15-5-2-4-14(15)12-20;;/h3,6,11,13-15H,2,4-5,7-10,12,20H2,1H3;2*1H/t13?,14-,15-;;/m1../s1. The number of piperazine rings is 1. The van der Waals surface area contributed by atoms with E-state index in [0.29, 0.717) is 30.1 Å². The summed E-state index contributed by atoms with van der Waals surface area (Å²) in [5.74, 6) is 2.08. The van der Waals surface area contributed by atoms with Crippen LogP contribution in [0.2, 0.25) is 0 Å². The van der Waals surface area contributed by atoms with Gasteiger partial charge in [-0.3, -0.25) is 9.69 Å². The van der Waals surface area contributed by atoms with Crippen molar-refractivity contribution in [1.82, 2.24) is 19.9 Å². The number of carbonyl (C=O) groups excluding carboxylic acids is 1. The number of hydrogen-bond acceptors (Lipinski definition) is 7. The topological polar surface area (TPSA) is 88.5 Å². The fraction of sp³-hybridized carbons (Fsp3) is 0.632. The largest absolute Gasteiger partial charge is 0.340 e. The maximum atomic E-state index is 12.9. The van der Waals surface area contributed by atoms with E-state index in [4.69, 9.17) is 10.3 Å². The van der Waals surface area contributed by atoms with Crippen LogP contribution in [0.4, 0.5) is 0 Å². The van der Waals surface area contributed by atoms with E-state index in [2.05, 4.69) is 22.0 Å². The number of carbonyl (C=O) groups is 1. The number of halogens is 2. The predicted molar refractivity (Wildman–Crippen MR) is 119 cm³/mol. The van der Waals surface area contributed by atoms with Crippen LogP contribution in [0.15, 0.2) is 22.0 Å². The lowest BCUT2D eigenvalue weighted by Gasteiger charge is -2.38. The summed E-state index contributed by atoms with van der Waals surface area (Å²) >= 11 is 1.60. The van der Waals surface area contributed by atoms with Crippen molar-refractivity contribution >= 4 is 42.1 Å². The average Bonchev–Trinajstić information content (AvgIpc) is 3.47. The molecule has 2 aromatic heterocycles. The Morgan fingerprint density at radius 1 is 1.31 bits per heavy atom. The van der Waals surface area contributed by atoms with Gasteiger partial charge in [0.25, 0.3) is 0 Å². The zero-order valence-corrected chi connectivity index (χ0v) is 19.0. The third-order valence-corrected chi connectivity index (χ3v) is 6.86. The number of nitrogens with zero attached hydrogens (tertiary/aromatic N) is 4. The highest BCUT2D eigenvalue weighted by Gasteiger charge is 2.36. The molecule has 1 aliphatic heterocycles. The van der Waals surface area contributed by atoms with Gasteiger partial charge in [-0.15, -0.1) is 36.2 Å². The van der Waals surface area contributed by atoms with Crippen LogP contribution in [0.25, 0.3) is 10.7 Å². The summed E-state index contributed by atoms with van der Waals surface area (Å²) in [4.78, 5) is 22.8. The summed E-state index contributed by atoms with van der Waals surface area (Å²) < 4.78 is 5.50. The normalized spacial score (nSPS) is 23.3. The zero-order valence-electron chi connectivity index (χ0n) is 16.5. The van der Waals surface area contributed by atoms with Gasteiger partial charge >= 0.3 is 0 Å². The summed E-state index contributed by atoms with van der Waals surface area (Å²) in [5.41, 5.74) is 5.85. The number of amides is 1. The molecule has 2 aliphatic rings. The molecule has 7 nitrogen and oxygen atoms in total. The molecule has 10 heteroatoms. The van der Waals surface area contributed by atoms with E-state index in [1.807, 2.05) is 22.4 Å². The van der Waals surface area contributed by atoms with E-state index in [1.54, 1.807) is 11.3 Å². The van der Waals surface area contributed by atoms with Gasteiger partial charge < -0.3 is 15.2 Å². The van der Waals surface area contributed by atoms with Crippen molar-refractivity contribution in [3.8, 4) is 10.7 Å². The third kappa shape index (κ3) is 5.11. The fourth-order valence-electron chi connectivity index (χ4n) is 4.28. The lowest BCUT2D eigenvalue weighted by Crippen LogP contribution is -2.51. The number of nitrogens with two attached hydrogens (primary N) is 1. The zero-order chi connectivity index (χ0) is 18.8. The number of hydrogen-bond donors (Lipinski definition) is 1. The van der Waals surface area contributed by atoms with Crippen LogP contribution in [-0.2, 0) is 4.79 Å². The molecule has 0 spiro atoms. The molecule has 4 rings (SSSR count). The molecule has 3 atom stereocenters. The molecule has 1 unspecified atom stereocenters. The highest BCUT2D eigenvalue weighted by Crippen LogP contribution is 2.33. The minimum Gasteiger partial charge on any atom is -0.340 e. The van der Waals surface area contributed by atoms with Gasteiger partial charge in [0.2, 0.25) is 17.6 Å². The number of thiophene rings is 1. The van der Waals surface area contributed by atoms with Crippen molar-refractivity contribution in [1.29, 1.82) is 0 Å². The molecule has 1 amide bonds. The molecule has 162 valence electrons. The molecule has 2 N–H and O–H groups in total. The first-order chi connectivity index (χ1) is 13.2. The Hall–Kier alpha value is -1.19. The Kier molecular flexibility index (Phi) is 8.91. The van der Waals surface area contributed by atoms with Gasteiger partial charge in [-0.1, -0.05) is 17.6 Å². The van der Waals surface area contributed by atoms with Crippen LogP contribution >= 0.6 is 36.2 Å². The monoisotopic (exact) mass is 461 g/mol. The molecule has 3 heterocycles. The van der Waals surface area contributed by atoms with E-state index < -0.39 is 0 Å². The van der Waals surface area contributed by atoms with Crippen molar-refractivity contribution in [3.05, 3.63) is 23.4 Å². The molecule has 1 saturated heterocycles. The molecular formula is C19H29Cl2N5O2S. The second-order valence-electron chi connectivity index (χ2n) is 7.50. The molecule has 0 aromatic carbocycles. The highest BCUT2D eigenvalue weighted by atomic mass is 35.5. The van der Waals surface area contributed by atoms with Crippen molar-refractivity contribution < 1.29 is 9.32 Å². The average molecular weight is 462 g/mol. The number of aromatic nitrogens is 2. The quantitative estimate of drug-likeness (QED) is 0.734. The van der Waals surface area contributed by atoms with Crippen molar-refractivity contribution in [3.63, 3.8) is 0 Å².